The molecule has 0 unspecified atom stereocenters. The molecular formula is C20H20N2O2S. The predicted octanol–water partition coefficient (Wildman–Crippen LogP) is 4.64. The van der Waals surface area contributed by atoms with Crippen LogP contribution in [0, 0.1) is 5.92 Å². The minimum absolute atomic E-state index is 0.144. The first-order valence-corrected chi connectivity index (χ1v) is 9.36. The summed E-state index contributed by atoms with van der Waals surface area (Å²) in [5, 5.41) is 0.768. The molecule has 1 aromatic heterocycles. The number of hydrogen-bond donors (Lipinski definition) is 0. The van der Waals surface area contributed by atoms with Gasteiger partial charge in [-0.3, -0.25) is 9.69 Å². The molecule has 0 aliphatic heterocycles. The Balaban J connectivity index is 1.70. The van der Waals surface area contributed by atoms with Crippen LogP contribution in [0.2, 0.25) is 0 Å². The van der Waals surface area contributed by atoms with E-state index in [9.17, 15) is 4.79 Å². The maximum Gasteiger partial charge on any atom is 0.232 e. The molecule has 4 nitrogen and oxygen atoms in total. The third-order valence-electron chi connectivity index (χ3n) is 4.72. The first-order valence-electron chi connectivity index (χ1n) is 8.54. The third kappa shape index (κ3) is 3.24. The van der Waals surface area contributed by atoms with Gasteiger partial charge in [-0.1, -0.05) is 48.1 Å². The van der Waals surface area contributed by atoms with Crippen LogP contribution >= 0.6 is 11.3 Å². The van der Waals surface area contributed by atoms with E-state index in [1.165, 1.54) is 0 Å². The summed E-state index contributed by atoms with van der Waals surface area (Å²) in [6.45, 7) is 0.563. The molecule has 1 saturated carbocycles. The van der Waals surface area contributed by atoms with Gasteiger partial charge in [0.15, 0.2) is 5.13 Å². The minimum atomic E-state index is 0.144. The minimum Gasteiger partial charge on any atom is -0.497 e. The van der Waals surface area contributed by atoms with E-state index >= 15 is 0 Å². The number of aromatic nitrogens is 1. The highest BCUT2D eigenvalue weighted by atomic mass is 32.1. The number of thiazole rings is 1. The average molecular weight is 352 g/mol. The molecule has 4 rings (SSSR count). The molecule has 1 fully saturated rings. The van der Waals surface area contributed by atoms with Crippen molar-refractivity contribution >= 4 is 32.6 Å². The second kappa shape index (κ2) is 6.84. The number of carbonyl (C=O) groups excluding carboxylic acids is 1. The Hall–Kier alpha value is -2.40. The normalized spacial score (nSPS) is 14.3. The van der Waals surface area contributed by atoms with E-state index in [2.05, 4.69) is 12.1 Å². The molecule has 25 heavy (non-hydrogen) atoms. The van der Waals surface area contributed by atoms with Crippen molar-refractivity contribution in [3.8, 4) is 5.75 Å². The molecule has 2 aromatic carbocycles. The number of hydrogen-bond acceptors (Lipinski definition) is 4. The van der Waals surface area contributed by atoms with Crippen LogP contribution in [0.5, 0.6) is 5.75 Å². The Morgan fingerprint density at radius 1 is 1.24 bits per heavy atom. The smallest absolute Gasteiger partial charge is 0.232 e. The van der Waals surface area contributed by atoms with Crippen molar-refractivity contribution in [1.29, 1.82) is 0 Å². The zero-order valence-electron chi connectivity index (χ0n) is 14.1. The summed E-state index contributed by atoms with van der Waals surface area (Å²) >= 11 is 1.55. The van der Waals surface area contributed by atoms with Crippen LogP contribution in [0.4, 0.5) is 5.13 Å². The number of methoxy groups -OCH3 is 1. The van der Waals surface area contributed by atoms with E-state index < -0.39 is 0 Å². The molecule has 0 saturated heterocycles. The first kappa shape index (κ1) is 16.1. The van der Waals surface area contributed by atoms with E-state index in [-0.39, 0.29) is 11.8 Å². The van der Waals surface area contributed by atoms with Crippen LogP contribution in [-0.2, 0) is 11.3 Å². The van der Waals surface area contributed by atoms with Gasteiger partial charge < -0.3 is 4.74 Å². The maximum atomic E-state index is 13.0. The molecule has 1 aliphatic carbocycles. The molecule has 0 bridgehead atoms. The van der Waals surface area contributed by atoms with Gasteiger partial charge in [0.25, 0.3) is 0 Å². The van der Waals surface area contributed by atoms with Gasteiger partial charge in [0.05, 0.1) is 23.9 Å². The van der Waals surface area contributed by atoms with Gasteiger partial charge >= 0.3 is 0 Å². The van der Waals surface area contributed by atoms with Crippen LogP contribution in [0.3, 0.4) is 0 Å². The van der Waals surface area contributed by atoms with Crippen LogP contribution in [0.15, 0.2) is 48.5 Å². The van der Waals surface area contributed by atoms with E-state index in [4.69, 9.17) is 9.72 Å². The Morgan fingerprint density at radius 2 is 2.04 bits per heavy atom. The molecule has 0 N–H and O–H groups in total. The standard InChI is InChI=1S/C20H20N2O2S/c1-24-16-10-11-17-18(12-16)25-20(21-17)22(19(23)15-8-5-9-15)13-14-6-3-2-4-7-14/h2-4,6-7,10-12,15H,5,8-9,13H2,1H3. The van der Waals surface area contributed by atoms with Crippen LogP contribution in [-0.4, -0.2) is 18.0 Å². The zero-order chi connectivity index (χ0) is 17.2. The Morgan fingerprint density at radius 3 is 2.72 bits per heavy atom. The van der Waals surface area contributed by atoms with Gasteiger partial charge in [0.1, 0.15) is 5.75 Å². The van der Waals surface area contributed by atoms with Crippen molar-refractivity contribution in [2.75, 3.05) is 12.0 Å². The van der Waals surface area contributed by atoms with Gasteiger partial charge in [0.2, 0.25) is 5.91 Å². The molecular weight excluding hydrogens is 332 g/mol. The fourth-order valence-corrected chi connectivity index (χ4v) is 4.02. The second-order valence-electron chi connectivity index (χ2n) is 6.37. The van der Waals surface area contributed by atoms with E-state index in [0.29, 0.717) is 6.54 Å². The first-order chi connectivity index (χ1) is 12.2. The average Bonchev–Trinajstić information content (AvgIpc) is 3.01. The molecule has 0 atom stereocenters. The molecule has 0 radical (unpaired) electrons. The molecule has 0 spiro atoms. The fourth-order valence-electron chi connectivity index (χ4n) is 3.02. The lowest BCUT2D eigenvalue weighted by Crippen LogP contribution is -2.38. The van der Waals surface area contributed by atoms with E-state index in [1.54, 1.807) is 18.4 Å². The summed E-state index contributed by atoms with van der Waals surface area (Å²) in [4.78, 5) is 19.6. The van der Waals surface area contributed by atoms with Crippen LogP contribution < -0.4 is 9.64 Å². The van der Waals surface area contributed by atoms with Crippen molar-refractivity contribution in [3.05, 3.63) is 54.1 Å². The Labute approximate surface area is 151 Å². The Kier molecular flexibility index (Phi) is 4.40. The topological polar surface area (TPSA) is 42.4 Å². The Bertz CT molecular complexity index is 887. The van der Waals surface area contributed by atoms with Gasteiger partial charge in [-0.05, 0) is 36.6 Å². The van der Waals surface area contributed by atoms with Gasteiger partial charge in [0, 0.05) is 5.92 Å². The summed E-state index contributed by atoms with van der Waals surface area (Å²) in [6, 6.07) is 15.9. The maximum absolute atomic E-state index is 13.0. The molecule has 3 aromatic rings. The lowest BCUT2D eigenvalue weighted by Gasteiger charge is -2.30. The van der Waals surface area contributed by atoms with Crippen molar-refractivity contribution in [2.45, 2.75) is 25.8 Å². The number of fused-ring (bicyclic) bond motifs is 1. The monoisotopic (exact) mass is 352 g/mol. The highest BCUT2D eigenvalue weighted by Crippen LogP contribution is 2.35. The zero-order valence-corrected chi connectivity index (χ0v) is 15.0. The highest BCUT2D eigenvalue weighted by molar-refractivity contribution is 7.22. The number of anilines is 1. The quantitative estimate of drug-likeness (QED) is 0.672. The van der Waals surface area contributed by atoms with Crippen LogP contribution in [0.1, 0.15) is 24.8 Å². The summed E-state index contributed by atoms with van der Waals surface area (Å²) < 4.78 is 6.33. The highest BCUT2D eigenvalue weighted by Gasteiger charge is 2.31. The lowest BCUT2D eigenvalue weighted by molar-refractivity contribution is -0.124. The number of carbonyl (C=O) groups is 1. The summed E-state index contributed by atoms with van der Waals surface area (Å²) in [6.07, 6.45) is 3.12. The van der Waals surface area contributed by atoms with Crippen molar-refractivity contribution in [2.24, 2.45) is 5.92 Å². The third-order valence-corrected chi connectivity index (χ3v) is 5.76. The molecule has 5 heteroatoms. The number of amides is 1. The molecule has 1 heterocycles. The SMILES string of the molecule is COc1ccc2nc(N(Cc3ccccc3)C(=O)C3CCC3)sc2c1. The van der Waals surface area contributed by atoms with Gasteiger partial charge in [-0.2, -0.15) is 0 Å². The lowest BCUT2D eigenvalue weighted by atomic mass is 9.84. The molecule has 128 valence electrons. The van der Waals surface area contributed by atoms with E-state index in [0.717, 1.165) is 45.9 Å². The van der Waals surface area contributed by atoms with Crippen molar-refractivity contribution in [3.63, 3.8) is 0 Å². The molecule has 1 amide bonds. The summed E-state index contributed by atoms with van der Waals surface area (Å²) in [5.41, 5.74) is 2.02. The summed E-state index contributed by atoms with van der Waals surface area (Å²) in [5.74, 6) is 1.15. The number of benzene rings is 2. The van der Waals surface area contributed by atoms with Crippen LogP contribution in [0.25, 0.3) is 10.2 Å². The predicted molar refractivity (Wildman–Crippen MR) is 101 cm³/mol. The second-order valence-corrected chi connectivity index (χ2v) is 7.38. The van der Waals surface area contributed by atoms with Crippen molar-refractivity contribution in [1.82, 2.24) is 4.98 Å². The number of rotatable bonds is 5. The van der Waals surface area contributed by atoms with Gasteiger partial charge in [-0.25, -0.2) is 4.98 Å². The van der Waals surface area contributed by atoms with Gasteiger partial charge in [-0.15, -0.1) is 0 Å². The van der Waals surface area contributed by atoms with E-state index in [1.807, 2.05) is 41.3 Å². The number of nitrogens with zero attached hydrogens (tertiary/aromatic N) is 2. The molecule has 1 aliphatic rings. The summed E-state index contributed by atoms with van der Waals surface area (Å²) in [7, 11) is 1.66. The number of ether oxygens (including phenoxy) is 1. The fraction of sp³-hybridized carbons (Fsp3) is 0.300. The van der Waals surface area contributed by atoms with Crippen molar-refractivity contribution < 1.29 is 9.53 Å². The largest absolute Gasteiger partial charge is 0.497 e.